The van der Waals surface area contributed by atoms with Crippen molar-refractivity contribution in [3.05, 3.63) is 18.0 Å². The molecule has 4 heteroatoms. The molecule has 1 atom stereocenters. The Morgan fingerprint density at radius 2 is 2.25 bits per heavy atom. The fourth-order valence-electron chi connectivity index (χ4n) is 1.84. The van der Waals surface area contributed by atoms with Crippen LogP contribution in [0.1, 0.15) is 18.9 Å². The molecule has 0 spiro atoms. The zero-order valence-corrected chi connectivity index (χ0v) is 10.9. The second kappa shape index (κ2) is 6.66. The molecule has 1 heterocycles. The minimum atomic E-state index is 0.552. The first-order valence-electron chi connectivity index (χ1n) is 5.97. The molecule has 0 aliphatic heterocycles. The van der Waals surface area contributed by atoms with Gasteiger partial charge in [-0.3, -0.25) is 4.68 Å². The van der Waals surface area contributed by atoms with Crippen molar-refractivity contribution in [1.82, 2.24) is 20.0 Å². The summed E-state index contributed by atoms with van der Waals surface area (Å²) in [4.78, 5) is 2.23. The lowest BCUT2D eigenvalue weighted by Crippen LogP contribution is -2.33. The van der Waals surface area contributed by atoms with Crippen molar-refractivity contribution in [2.45, 2.75) is 25.8 Å². The molecule has 0 saturated heterocycles. The number of nitrogens with one attached hydrogen (secondary N) is 1. The van der Waals surface area contributed by atoms with Gasteiger partial charge in [0, 0.05) is 19.3 Å². The van der Waals surface area contributed by atoms with Crippen LogP contribution in [0.2, 0.25) is 0 Å². The predicted molar refractivity (Wildman–Crippen MR) is 67.5 cm³/mol. The molecule has 0 aliphatic rings. The Labute approximate surface area is 98.6 Å². The van der Waals surface area contributed by atoms with Crippen LogP contribution in [0, 0.1) is 0 Å². The van der Waals surface area contributed by atoms with E-state index in [1.54, 1.807) is 0 Å². The van der Waals surface area contributed by atoms with Crippen LogP contribution < -0.4 is 5.32 Å². The van der Waals surface area contributed by atoms with Crippen molar-refractivity contribution in [3.63, 3.8) is 0 Å². The quantitative estimate of drug-likeness (QED) is 0.747. The van der Waals surface area contributed by atoms with Gasteiger partial charge in [-0.1, -0.05) is 6.92 Å². The molecule has 0 aromatic carbocycles. The van der Waals surface area contributed by atoms with Gasteiger partial charge < -0.3 is 10.2 Å². The van der Waals surface area contributed by atoms with Gasteiger partial charge in [0.1, 0.15) is 0 Å². The topological polar surface area (TPSA) is 33.1 Å². The summed E-state index contributed by atoms with van der Waals surface area (Å²) in [5.74, 6) is 0. The van der Waals surface area contributed by atoms with Gasteiger partial charge in [0.2, 0.25) is 0 Å². The molecular formula is C12H24N4. The van der Waals surface area contributed by atoms with E-state index in [4.69, 9.17) is 0 Å². The molecule has 1 rings (SSSR count). The maximum atomic E-state index is 4.20. The summed E-state index contributed by atoms with van der Waals surface area (Å²) in [6.07, 6.45) is 6.30. The van der Waals surface area contributed by atoms with E-state index in [0.717, 1.165) is 19.5 Å². The summed E-state index contributed by atoms with van der Waals surface area (Å²) in [6, 6.07) is 0.552. The Kier molecular flexibility index (Phi) is 5.49. The first-order valence-corrected chi connectivity index (χ1v) is 5.97. The zero-order valence-electron chi connectivity index (χ0n) is 10.9. The van der Waals surface area contributed by atoms with Gasteiger partial charge in [-0.25, -0.2) is 0 Å². The summed E-state index contributed by atoms with van der Waals surface area (Å²) < 4.78 is 1.87. The third kappa shape index (κ3) is 4.77. The van der Waals surface area contributed by atoms with Gasteiger partial charge in [-0.15, -0.1) is 0 Å². The van der Waals surface area contributed by atoms with E-state index in [1.165, 1.54) is 12.0 Å². The number of aryl methyl sites for hydroxylation is 1. The lowest BCUT2D eigenvalue weighted by atomic mass is 10.1. The molecule has 0 aliphatic carbocycles. The summed E-state index contributed by atoms with van der Waals surface area (Å²) >= 11 is 0. The standard InChI is InChI=1S/C12H24N4/c1-5-13-12(6-7-15(2)3)8-11-9-14-16(4)10-11/h9-10,12-13H,5-8H2,1-4H3. The molecule has 1 unspecified atom stereocenters. The normalized spacial score (nSPS) is 13.3. The molecule has 0 fully saturated rings. The van der Waals surface area contributed by atoms with Crippen molar-refractivity contribution < 1.29 is 0 Å². The van der Waals surface area contributed by atoms with Crippen LogP contribution in [-0.2, 0) is 13.5 Å². The minimum Gasteiger partial charge on any atom is -0.314 e. The fraction of sp³-hybridized carbons (Fsp3) is 0.750. The Hall–Kier alpha value is -0.870. The van der Waals surface area contributed by atoms with Gasteiger partial charge in [0.15, 0.2) is 0 Å². The van der Waals surface area contributed by atoms with Crippen molar-refractivity contribution in [1.29, 1.82) is 0 Å². The Morgan fingerprint density at radius 1 is 1.50 bits per heavy atom. The average Bonchev–Trinajstić information content (AvgIpc) is 2.61. The number of aromatic nitrogens is 2. The minimum absolute atomic E-state index is 0.552. The van der Waals surface area contributed by atoms with Crippen molar-refractivity contribution in [2.24, 2.45) is 7.05 Å². The largest absolute Gasteiger partial charge is 0.314 e. The van der Waals surface area contributed by atoms with Crippen LogP contribution in [0.4, 0.5) is 0 Å². The second-order valence-electron chi connectivity index (χ2n) is 4.57. The van der Waals surface area contributed by atoms with Crippen LogP contribution in [0.3, 0.4) is 0 Å². The summed E-state index contributed by atoms with van der Waals surface area (Å²) in [7, 11) is 6.20. The first-order chi connectivity index (χ1) is 7.61. The molecule has 1 N–H and O–H groups in total. The molecule has 1 aromatic heterocycles. The molecule has 0 bridgehead atoms. The lowest BCUT2D eigenvalue weighted by Gasteiger charge is -2.19. The molecular weight excluding hydrogens is 200 g/mol. The number of likely N-dealkylation sites (N-methyl/N-ethyl adjacent to an activating group) is 1. The highest BCUT2D eigenvalue weighted by atomic mass is 15.2. The summed E-state index contributed by atoms with van der Waals surface area (Å²) in [6.45, 7) is 4.31. The zero-order chi connectivity index (χ0) is 12.0. The van der Waals surface area contributed by atoms with Crippen molar-refractivity contribution in [3.8, 4) is 0 Å². The van der Waals surface area contributed by atoms with E-state index < -0.39 is 0 Å². The van der Waals surface area contributed by atoms with Gasteiger partial charge in [-0.2, -0.15) is 5.10 Å². The number of rotatable bonds is 7. The Bertz CT molecular complexity index is 293. The van der Waals surface area contributed by atoms with E-state index >= 15 is 0 Å². The summed E-state index contributed by atoms with van der Waals surface area (Å²) in [5, 5.41) is 7.74. The summed E-state index contributed by atoms with van der Waals surface area (Å²) in [5.41, 5.74) is 1.31. The Morgan fingerprint density at radius 3 is 2.75 bits per heavy atom. The third-order valence-electron chi connectivity index (χ3n) is 2.66. The average molecular weight is 224 g/mol. The number of nitrogens with zero attached hydrogens (tertiary/aromatic N) is 3. The molecule has 16 heavy (non-hydrogen) atoms. The van der Waals surface area contributed by atoms with E-state index in [9.17, 15) is 0 Å². The number of hydrogen-bond donors (Lipinski definition) is 1. The number of hydrogen-bond acceptors (Lipinski definition) is 3. The molecule has 1 aromatic rings. The highest BCUT2D eigenvalue weighted by Crippen LogP contribution is 2.05. The van der Waals surface area contributed by atoms with E-state index in [1.807, 2.05) is 17.9 Å². The SMILES string of the molecule is CCNC(CCN(C)C)Cc1cnn(C)c1. The van der Waals surface area contributed by atoms with Crippen LogP contribution in [-0.4, -0.2) is 47.9 Å². The first kappa shape index (κ1) is 13.2. The Balaban J connectivity index is 2.43. The predicted octanol–water partition coefficient (Wildman–Crippen LogP) is 0.892. The highest BCUT2D eigenvalue weighted by molar-refractivity contribution is 5.05. The fourth-order valence-corrected chi connectivity index (χ4v) is 1.84. The molecule has 92 valence electrons. The van der Waals surface area contributed by atoms with Crippen LogP contribution in [0.5, 0.6) is 0 Å². The van der Waals surface area contributed by atoms with Crippen molar-refractivity contribution in [2.75, 3.05) is 27.2 Å². The van der Waals surface area contributed by atoms with E-state index in [0.29, 0.717) is 6.04 Å². The van der Waals surface area contributed by atoms with Gasteiger partial charge >= 0.3 is 0 Å². The van der Waals surface area contributed by atoms with E-state index in [-0.39, 0.29) is 0 Å². The van der Waals surface area contributed by atoms with Crippen LogP contribution in [0.15, 0.2) is 12.4 Å². The highest BCUT2D eigenvalue weighted by Gasteiger charge is 2.09. The maximum Gasteiger partial charge on any atom is 0.0522 e. The monoisotopic (exact) mass is 224 g/mol. The third-order valence-corrected chi connectivity index (χ3v) is 2.66. The maximum absolute atomic E-state index is 4.20. The molecule has 4 nitrogen and oxygen atoms in total. The van der Waals surface area contributed by atoms with E-state index in [2.05, 4.69) is 42.5 Å². The smallest absolute Gasteiger partial charge is 0.0522 e. The second-order valence-corrected chi connectivity index (χ2v) is 4.57. The van der Waals surface area contributed by atoms with Gasteiger partial charge in [0.05, 0.1) is 6.20 Å². The van der Waals surface area contributed by atoms with Crippen LogP contribution in [0.25, 0.3) is 0 Å². The van der Waals surface area contributed by atoms with Crippen LogP contribution >= 0.6 is 0 Å². The molecule has 0 radical (unpaired) electrons. The molecule has 0 saturated carbocycles. The van der Waals surface area contributed by atoms with Gasteiger partial charge in [-0.05, 0) is 45.6 Å². The van der Waals surface area contributed by atoms with Crippen molar-refractivity contribution >= 4 is 0 Å². The van der Waals surface area contributed by atoms with Gasteiger partial charge in [0.25, 0.3) is 0 Å². The lowest BCUT2D eigenvalue weighted by molar-refractivity contribution is 0.358. The molecule has 0 amide bonds.